The van der Waals surface area contributed by atoms with E-state index < -0.39 is 0 Å². The van der Waals surface area contributed by atoms with Crippen LogP contribution in [0.15, 0.2) is 6.33 Å². The number of amides is 1. The average Bonchev–Trinajstić information content (AvgIpc) is 2.90. The Morgan fingerprint density at radius 2 is 2.33 bits per heavy atom. The molecule has 0 radical (unpaired) electrons. The Kier molecular flexibility index (Phi) is 5.30. The molecule has 6 nitrogen and oxygen atoms in total. The van der Waals surface area contributed by atoms with Crippen LogP contribution in [0.25, 0.3) is 10.2 Å². The first-order valence-electron chi connectivity index (χ1n) is 8.24. The summed E-state index contributed by atoms with van der Waals surface area (Å²) in [4.78, 5) is 23.0. The maximum atomic E-state index is 12.0. The van der Waals surface area contributed by atoms with Crippen molar-refractivity contribution < 1.29 is 14.3 Å². The highest BCUT2D eigenvalue weighted by Crippen LogP contribution is 2.40. The van der Waals surface area contributed by atoms with Crippen molar-refractivity contribution in [1.29, 1.82) is 0 Å². The number of hydrogen-bond donors (Lipinski definition) is 1. The van der Waals surface area contributed by atoms with Gasteiger partial charge >= 0.3 is 0 Å². The third kappa shape index (κ3) is 3.67. The van der Waals surface area contributed by atoms with E-state index in [9.17, 15) is 4.79 Å². The van der Waals surface area contributed by atoms with Crippen molar-refractivity contribution in [2.45, 2.75) is 39.2 Å². The number of ether oxygens (including phenoxy) is 2. The number of nitrogens with zero attached hydrogens (tertiary/aromatic N) is 2. The van der Waals surface area contributed by atoms with E-state index in [-0.39, 0.29) is 18.6 Å². The molecule has 1 amide bonds. The van der Waals surface area contributed by atoms with Crippen LogP contribution < -0.4 is 10.1 Å². The van der Waals surface area contributed by atoms with Crippen molar-refractivity contribution >= 4 is 27.5 Å². The molecular formula is C17H23N3O3S. The van der Waals surface area contributed by atoms with Crippen molar-refractivity contribution in [3.8, 4) is 5.88 Å². The lowest BCUT2D eigenvalue weighted by atomic mass is 9.89. The molecule has 2 aromatic heterocycles. The fourth-order valence-corrected chi connectivity index (χ4v) is 4.44. The molecule has 0 bridgehead atoms. The van der Waals surface area contributed by atoms with Gasteiger partial charge in [-0.1, -0.05) is 6.92 Å². The molecule has 0 aliphatic heterocycles. The molecule has 0 aromatic carbocycles. The first kappa shape index (κ1) is 17.1. The number of carbonyl (C=O) groups is 1. The van der Waals surface area contributed by atoms with Gasteiger partial charge in [0, 0.05) is 18.0 Å². The summed E-state index contributed by atoms with van der Waals surface area (Å²) >= 11 is 1.72. The lowest BCUT2D eigenvalue weighted by molar-refractivity contribution is -0.124. The van der Waals surface area contributed by atoms with Crippen LogP contribution >= 0.6 is 11.3 Å². The van der Waals surface area contributed by atoms with Crippen LogP contribution in [0.3, 0.4) is 0 Å². The molecule has 1 aliphatic rings. The highest BCUT2D eigenvalue weighted by molar-refractivity contribution is 7.18. The van der Waals surface area contributed by atoms with E-state index in [1.807, 2.05) is 6.92 Å². The number of aryl methyl sites for hydroxylation is 1. The van der Waals surface area contributed by atoms with E-state index in [4.69, 9.17) is 9.47 Å². The third-order valence-electron chi connectivity index (χ3n) is 4.22. The van der Waals surface area contributed by atoms with Gasteiger partial charge in [-0.2, -0.15) is 0 Å². The van der Waals surface area contributed by atoms with Crippen LogP contribution in [0.5, 0.6) is 5.88 Å². The molecule has 3 rings (SSSR count). The normalized spacial score (nSPS) is 18.2. The summed E-state index contributed by atoms with van der Waals surface area (Å²) in [6.45, 7) is 4.59. The molecule has 2 aromatic rings. The van der Waals surface area contributed by atoms with Gasteiger partial charge in [-0.3, -0.25) is 4.79 Å². The molecule has 24 heavy (non-hydrogen) atoms. The SMILES string of the molecule is COC[C@@H](C)NC(=O)COc1ncnc2sc3c(c12)CC[C@@H](C)C3. The van der Waals surface area contributed by atoms with E-state index >= 15 is 0 Å². The van der Waals surface area contributed by atoms with E-state index in [2.05, 4.69) is 22.2 Å². The minimum atomic E-state index is -0.177. The standard InChI is InChI=1S/C17H23N3O3S/c1-10-4-5-12-13(6-10)24-17-15(12)16(18-9-19-17)23-8-14(21)20-11(2)7-22-3/h9-11H,4-8H2,1-3H3,(H,20,21)/t10-,11-/m1/s1. The first-order valence-corrected chi connectivity index (χ1v) is 9.06. The summed E-state index contributed by atoms with van der Waals surface area (Å²) < 4.78 is 10.7. The average molecular weight is 349 g/mol. The van der Waals surface area contributed by atoms with Crippen molar-refractivity contribution in [3.63, 3.8) is 0 Å². The van der Waals surface area contributed by atoms with Crippen LogP contribution in [0.4, 0.5) is 0 Å². The van der Waals surface area contributed by atoms with Gasteiger partial charge in [-0.05, 0) is 37.7 Å². The quantitative estimate of drug-likeness (QED) is 0.866. The fraction of sp³-hybridized carbons (Fsp3) is 0.588. The van der Waals surface area contributed by atoms with Crippen LogP contribution in [0.2, 0.25) is 0 Å². The Hall–Kier alpha value is -1.73. The van der Waals surface area contributed by atoms with E-state index in [1.165, 1.54) is 23.2 Å². The van der Waals surface area contributed by atoms with E-state index in [0.717, 1.165) is 23.1 Å². The summed E-state index contributed by atoms with van der Waals surface area (Å²) in [6, 6.07) is -0.0492. The van der Waals surface area contributed by atoms with Crippen LogP contribution in [0.1, 0.15) is 30.7 Å². The number of thiophene rings is 1. The van der Waals surface area contributed by atoms with Gasteiger partial charge < -0.3 is 14.8 Å². The molecule has 130 valence electrons. The predicted octanol–water partition coefficient (Wildman–Crippen LogP) is 2.35. The zero-order valence-electron chi connectivity index (χ0n) is 14.3. The molecule has 7 heteroatoms. The van der Waals surface area contributed by atoms with Gasteiger partial charge in [0.05, 0.1) is 12.0 Å². The molecule has 2 heterocycles. The van der Waals surface area contributed by atoms with Gasteiger partial charge in [0.15, 0.2) is 6.61 Å². The Labute approximate surface area is 145 Å². The third-order valence-corrected chi connectivity index (χ3v) is 5.38. The molecule has 0 saturated carbocycles. The maximum Gasteiger partial charge on any atom is 0.258 e. The van der Waals surface area contributed by atoms with Crippen LogP contribution in [-0.4, -0.2) is 42.2 Å². The summed E-state index contributed by atoms with van der Waals surface area (Å²) in [6.07, 6.45) is 4.79. The largest absolute Gasteiger partial charge is 0.467 e. The van der Waals surface area contributed by atoms with Crippen molar-refractivity contribution in [2.24, 2.45) is 5.92 Å². The molecule has 0 fully saturated rings. The first-order chi connectivity index (χ1) is 11.6. The number of rotatable bonds is 6. The lowest BCUT2D eigenvalue weighted by Crippen LogP contribution is -2.38. The van der Waals surface area contributed by atoms with Gasteiger partial charge in [-0.15, -0.1) is 11.3 Å². The Balaban J connectivity index is 1.74. The topological polar surface area (TPSA) is 73.3 Å². The number of hydrogen-bond acceptors (Lipinski definition) is 6. The summed E-state index contributed by atoms with van der Waals surface area (Å²) in [5.41, 5.74) is 1.30. The maximum absolute atomic E-state index is 12.0. The summed E-state index contributed by atoms with van der Waals surface area (Å²) in [5.74, 6) is 1.04. The molecule has 1 N–H and O–H groups in total. The molecular weight excluding hydrogens is 326 g/mol. The predicted molar refractivity (Wildman–Crippen MR) is 93.6 cm³/mol. The van der Waals surface area contributed by atoms with Crippen molar-refractivity contribution in [3.05, 3.63) is 16.8 Å². The number of aromatic nitrogens is 2. The number of methoxy groups -OCH3 is 1. The highest BCUT2D eigenvalue weighted by Gasteiger charge is 2.24. The number of fused-ring (bicyclic) bond motifs is 3. The lowest BCUT2D eigenvalue weighted by Gasteiger charge is -2.18. The Morgan fingerprint density at radius 3 is 3.12 bits per heavy atom. The molecule has 0 saturated heterocycles. The fourth-order valence-electron chi connectivity index (χ4n) is 3.10. The molecule has 2 atom stereocenters. The number of nitrogens with one attached hydrogen (secondary N) is 1. The number of carbonyl (C=O) groups excluding carboxylic acids is 1. The van der Waals surface area contributed by atoms with Gasteiger partial charge in [0.25, 0.3) is 5.91 Å². The molecule has 0 spiro atoms. The van der Waals surface area contributed by atoms with Crippen molar-refractivity contribution in [1.82, 2.24) is 15.3 Å². The van der Waals surface area contributed by atoms with Gasteiger partial charge in [0.1, 0.15) is 11.2 Å². The second-order valence-corrected chi connectivity index (χ2v) is 7.51. The second kappa shape index (κ2) is 7.44. The highest BCUT2D eigenvalue weighted by atomic mass is 32.1. The zero-order chi connectivity index (χ0) is 17.1. The summed E-state index contributed by atoms with van der Waals surface area (Å²) in [7, 11) is 1.61. The monoisotopic (exact) mass is 349 g/mol. The smallest absolute Gasteiger partial charge is 0.258 e. The minimum absolute atomic E-state index is 0.0492. The van der Waals surface area contributed by atoms with Crippen LogP contribution in [-0.2, 0) is 22.4 Å². The van der Waals surface area contributed by atoms with E-state index in [0.29, 0.717) is 18.4 Å². The minimum Gasteiger partial charge on any atom is -0.467 e. The van der Waals surface area contributed by atoms with Gasteiger partial charge in [-0.25, -0.2) is 9.97 Å². The zero-order valence-corrected chi connectivity index (χ0v) is 15.1. The molecule has 1 aliphatic carbocycles. The molecule has 0 unspecified atom stereocenters. The van der Waals surface area contributed by atoms with Gasteiger partial charge in [0.2, 0.25) is 5.88 Å². The Morgan fingerprint density at radius 1 is 1.50 bits per heavy atom. The Bertz CT molecular complexity index is 731. The second-order valence-electron chi connectivity index (χ2n) is 6.42. The van der Waals surface area contributed by atoms with Crippen molar-refractivity contribution in [2.75, 3.05) is 20.3 Å². The van der Waals surface area contributed by atoms with E-state index in [1.54, 1.807) is 18.4 Å². The summed E-state index contributed by atoms with van der Waals surface area (Å²) in [5, 5.41) is 3.82. The van der Waals surface area contributed by atoms with Crippen LogP contribution in [0, 0.1) is 5.92 Å².